The molecule has 2 aromatic heterocycles. The topological polar surface area (TPSA) is 204 Å². The van der Waals surface area contributed by atoms with Crippen molar-refractivity contribution < 1.29 is 34.4 Å². The Bertz CT molecular complexity index is 876. The molecule has 0 spiro atoms. The number of aromatic nitrogens is 4. The van der Waals surface area contributed by atoms with Crippen molar-refractivity contribution >= 4 is 29.0 Å². The fourth-order valence-electron chi connectivity index (χ4n) is 3.00. The predicted octanol–water partition coefficient (Wildman–Crippen LogP) is -2.57. The summed E-state index contributed by atoms with van der Waals surface area (Å²) >= 11 is 0. The van der Waals surface area contributed by atoms with E-state index in [0.29, 0.717) is 11.2 Å². The number of aliphatic hydroxyl groups is 3. The maximum Gasteiger partial charge on any atom is 0.406 e. The molecule has 5 atom stereocenters. The Balaban J connectivity index is 1.63. The number of imidazole rings is 1. The maximum atomic E-state index is 12.1. The van der Waals surface area contributed by atoms with E-state index in [1.165, 1.54) is 19.7 Å². The number of carbonyl (C=O) groups excluding carboxylic acids is 2. The number of hydrogen-bond donors (Lipinski definition) is 7. The third-order valence-electron chi connectivity index (χ3n) is 4.53. The van der Waals surface area contributed by atoms with E-state index in [4.69, 9.17) is 9.47 Å². The highest BCUT2D eigenvalue weighted by atomic mass is 16.6. The number of fused-ring (bicyclic) bond motifs is 1. The van der Waals surface area contributed by atoms with E-state index in [1.807, 2.05) is 0 Å². The second kappa shape index (κ2) is 9.62. The highest BCUT2D eigenvalue weighted by Gasteiger charge is 2.45. The molecule has 0 aliphatic carbocycles. The fourth-order valence-corrected chi connectivity index (χ4v) is 3.00. The molecule has 1 aliphatic rings. The van der Waals surface area contributed by atoms with Crippen LogP contribution in [0.25, 0.3) is 11.2 Å². The van der Waals surface area contributed by atoms with Crippen LogP contribution >= 0.6 is 0 Å². The maximum absolute atomic E-state index is 12.1. The van der Waals surface area contributed by atoms with E-state index in [1.54, 1.807) is 0 Å². The van der Waals surface area contributed by atoms with Gasteiger partial charge < -0.3 is 45.7 Å². The Morgan fingerprint density at radius 1 is 1.27 bits per heavy atom. The van der Waals surface area contributed by atoms with Crippen molar-refractivity contribution in [2.24, 2.45) is 0 Å². The molecule has 0 saturated carbocycles. The van der Waals surface area contributed by atoms with E-state index in [-0.39, 0.29) is 18.8 Å². The van der Waals surface area contributed by atoms with Crippen molar-refractivity contribution in [1.29, 1.82) is 0 Å². The van der Waals surface area contributed by atoms with Crippen LogP contribution in [0.3, 0.4) is 0 Å². The number of aliphatic hydroxyl groups excluding tert-OH is 3. The zero-order chi connectivity index (χ0) is 21.7. The van der Waals surface area contributed by atoms with Gasteiger partial charge in [0.25, 0.3) is 0 Å². The number of carbonyl (C=O) groups is 2. The first kappa shape index (κ1) is 21.6. The molecule has 164 valence electrons. The summed E-state index contributed by atoms with van der Waals surface area (Å²) < 4.78 is 10.4. The van der Waals surface area contributed by atoms with Crippen LogP contribution in [0, 0.1) is 0 Å². The van der Waals surface area contributed by atoms with Gasteiger partial charge in [-0.2, -0.15) is 0 Å². The van der Waals surface area contributed by atoms with Gasteiger partial charge in [0.2, 0.25) is 5.91 Å². The number of rotatable bonds is 7. The predicted molar refractivity (Wildman–Crippen MR) is 100 cm³/mol. The second-order valence-electron chi connectivity index (χ2n) is 6.46. The molecule has 0 unspecified atom stereocenters. The minimum Gasteiger partial charge on any atom is -0.449 e. The van der Waals surface area contributed by atoms with Gasteiger partial charge in [0.15, 0.2) is 17.7 Å². The van der Waals surface area contributed by atoms with Crippen LogP contribution < -0.4 is 16.0 Å². The lowest BCUT2D eigenvalue weighted by Crippen LogP contribution is -2.65. The normalized spacial score (nSPS) is 26.2. The Hall–Kier alpha value is -3.07. The zero-order valence-corrected chi connectivity index (χ0v) is 16.0. The molecule has 3 rings (SSSR count). The summed E-state index contributed by atoms with van der Waals surface area (Å²) in [4.78, 5) is 38.0. The zero-order valence-electron chi connectivity index (χ0n) is 16.0. The highest BCUT2D eigenvalue weighted by Crippen LogP contribution is 2.24. The molecule has 1 aliphatic heterocycles. The molecule has 7 N–H and O–H groups in total. The summed E-state index contributed by atoms with van der Waals surface area (Å²) in [7, 11) is 1.38. The quantitative estimate of drug-likeness (QED) is 0.246. The van der Waals surface area contributed by atoms with Gasteiger partial charge in [-0.1, -0.05) is 0 Å². The minimum atomic E-state index is -1.46. The Kier molecular flexibility index (Phi) is 6.94. The van der Waals surface area contributed by atoms with Gasteiger partial charge in [-0.15, -0.1) is 0 Å². The molecule has 1 saturated heterocycles. The Morgan fingerprint density at radius 3 is 2.80 bits per heavy atom. The molecule has 3 heterocycles. The minimum absolute atomic E-state index is 0.175. The van der Waals surface area contributed by atoms with Crippen LogP contribution in [0.5, 0.6) is 0 Å². The lowest BCUT2D eigenvalue weighted by molar-refractivity contribution is -0.185. The summed E-state index contributed by atoms with van der Waals surface area (Å²) in [6.07, 6.45) is -3.25. The monoisotopic (exact) mass is 425 g/mol. The molecule has 0 aromatic carbocycles. The van der Waals surface area contributed by atoms with E-state index in [9.17, 15) is 24.9 Å². The molecule has 14 heteroatoms. The van der Waals surface area contributed by atoms with Crippen molar-refractivity contribution in [2.75, 3.05) is 25.6 Å². The number of alkyl carbamates (subject to hydrolysis) is 1. The second-order valence-corrected chi connectivity index (χ2v) is 6.46. The molecular weight excluding hydrogens is 402 g/mol. The molecule has 1 fully saturated rings. The van der Waals surface area contributed by atoms with Gasteiger partial charge in [-0.25, -0.2) is 19.7 Å². The molecule has 14 nitrogen and oxygen atoms in total. The fraction of sp³-hybridized carbons (Fsp3) is 0.562. The molecule has 2 amide bonds. The number of anilines is 1. The summed E-state index contributed by atoms with van der Waals surface area (Å²) in [5.41, 5.74) is 0.857. The van der Waals surface area contributed by atoms with Crippen molar-refractivity contribution in [2.45, 2.75) is 37.0 Å². The van der Waals surface area contributed by atoms with E-state index >= 15 is 0 Å². The number of hydrogen-bond acceptors (Lipinski definition) is 11. The number of nitrogens with zero attached hydrogens (tertiary/aromatic N) is 3. The van der Waals surface area contributed by atoms with Gasteiger partial charge >= 0.3 is 6.09 Å². The lowest BCUT2D eigenvalue weighted by Gasteiger charge is -2.42. The number of H-pyrrole nitrogens is 1. The average molecular weight is 425 g/mol. The number of ether oxygens (including phenoxy) is 2. The Labute approximate surface area is 170 Å². The van der Waals surface area contributed by atoms with Gasteiger partial charge in [0.1, 0.15) is 36.8 Å². The SMILES string of the molecule is CNC(=O)OCCC(=O)N[C@@H]1[C@@H](O)[C@H](O)[C@@H](Nc2ncnc3nc[nH]c23)O[C@H]1CO. The van der Waals surface area contributed by atoms with Gasteiger partial charge in [-0.3, -0.25) is 4.79 Å². The van der Waals surface area contributed by atoms with Crippen molar-refractivity contribution in [3.8, 4) is 0 Å². The number of aromatic amines is 1. The summed E-state index contributed by atoms with van der Waals surface area (Å²) in [5.74, 6) is -0.280. The van der Waals surface area contributed by atoms with Crippen LogP contribution in [0.2, 0.25) is 0 Å². The highest BCUT2D eigenvalue weighted by molar-refractivity contribution is 5.82. The first-order valence-corrected chi connectivity index (χ1v) is 9.11. The van der Waals surface area contributed by atoms with Crippen LogP contribution in [0.1, 0.15) is 6.42 Å². The molecule has 0 radical (unpaired) electrons. The number of nitrogens with one attached hydrogen (secondary N) is 4. The largest absolute Gasteiger partial charge is 0.449 e. The van der Waals surface area contributed by atoms with E-state index in [2.05, 4.69) is 35.9 Å². The summed E-state index contributed by atoms with van der Waals surface area (Å²) in [6.45, 7) is -0.718. The van der Waals surface area contributed by atoms with Gasteiger partial charge in [-0.05, 0) is 0 Å². The van der Waals surface area contributed by atoms with Crippen LogP contribution in [-0.2, 0) is 14.3 Å². The molecular formula is C16H23N7O7. The summed E-state index contributed by atoms with van der Waals surface area (Å²) in [5, 5.41) is 38.2. The van der Waals surface area contributed by atoms with Crippen molar-refractivity contribution in [3.05, 3.63) is 12.7 Å². The third-order valence-corrected chi connectivity index (χ3v) is 4.53. The van der Waals surface area contributed by atoms with Crippen LogP contribution in [0.4, 0.5) is 10.6 Å². The van der Waals surface area contributed by atoms with Crippen molar-refractivity contribution in [3.63, 3.8) is 0 Å². The third kappa shape index (κ3) is 4.73. The van der Waals surface area contributed by atoms with Gasteiger partial charge in [0.05, 0.1) is 25.4 Å². The van der Waals surface area contributed by atoms with Crippen molar-refractivity contribution in [1.82, 2.24) is 30.6 Å². The molecule has 2 aromatic rings. The van der Waals surface area contributed by atoms with Gasteiger partial charge in [0, 0.05) is 7.05 Å². The van der Waals surface area contributed by atoms with Crippen LogP contribution in [-0.4, -0.2) is 98.1 Å². The lowest BCUT2D eigenvalue weighted by atomic mass is 9.95. The van der Waals surface area contributed by atoms with E-state index in [0.717, 1.165) is 0 Å². The first-order valence-electron chi connectivity index (χ1n) is 9.11. The van der Waals surface area contributed by atoms with Crippen LogP contribution in [0.15, 0.2) is 12.7 Å². The molecule has 0 bridgehead atoms. The average Bonchev–Trinajstić information content (AvgIpc) is 3.23. The first-order chi connectivity index (χ1) is 14.4. The molecule has 30 heavy (non-hydrogen) atoms. The number of amides is 2. The smallest absolute Gasteiger partial charge is 0.406 e. The van der Waals surface area contributed by atoms with E-state index < -0.39 is 49.2 Å². The standard InChI is InChI=1S/C16H23N7O7/c1-17-16(28)29-3-2-8(25)22-9-7(4-24)30-15(12(27)11(9)26)23-14-10-13(19-5-18-10)20-6-21-14/h5-7,9,11-12,15,24,26-27H,2-4H2,1H3,(H,17,28)(H,22,25)(H2,18,19,20,21,23)/t7-,9-,11+,12-,15-/m0/s1. The Morgan fingerprint density at radius 2 is 2.07 bits per heavy atom. The summed E-state index contributed by atoms with van der Waals surface area (Å²) in [6, 6.07) is -1.09.